The minimum Gasteiger partial charge on any atom is -0.390 e. The molecule has 0 aliphatic carbocycles. The van der Waals surface area contributed by atoms with Gasteiger partial charge in [-0.2, -0.15) is 0 Å². The summed E-state index contributed by atoms with van der Waals surface area (Å²) in [6.45, 7) is 4.03. The number of pyridine rings is 1. The molecule has 0 aliphatic rings. The molecule has 0 aromatic carbocycles. The van der Waals surface area contributed by atoms with Crippen LogP contribution in [0.2, 0.25) is 5.02 Å². The number of aliphatic hydroxyl groups excluding tert-OH is 1. The van der Waals surface area contributed by atoms with E-state index in [0.717, 1.165) is 5.82 Å². The molecule has 0 aliphatic heterocycles. The third kappa shape index (κ3) is 2.36. The van der Waals surface area contributed by atoms with E-state index in [1.54, 1.807) is 6.07 Å². The van der Waals surface area contributed by atoms with Crippen molar-refractivity contribution in [2.75, 3.05) is 11.9 Å². The Morgan fingerprint density at radius 2 is 2.14 bits per heavy atom. The van der Waals surface area contributed by atoms with Crippen molar-refractivity contribution in [2.45, 2.75) is 26.5 Å². The summed E-state index contributed by atoms with van der Waals surface area (Å²) in [5, 5.41) is 9.51. The maximum Gasteiger partial charge on any atom is 0.128 e. The zero-order chi connectivity index (χ0) is 10.7. The lowest BCUT2D eigenvalue weighted by atomic mass is 10.3. The molecule has 1 aromatic heterocycles. The van der Waals surface area contributed by atoms with Gasteiger partial charge in [-0.1, -0.05) is 11.6 Å². The smallest absolute Gasteiger partial charge is 0.128 e. The van der Waals surface area contributed by atoms with E-state index < -0.39 is 0 Å². The van der Waals surface area contributed by atoms with E-state index in [-0.39, 0.29) is 6.61 Å². The second-order valence-corrected chi connectivity index (χ2v) is 3.87. The minimum absolute atomic E-state index is 0.126. The number of aromatic nitrogens is 1. The molecule has 0 spiro atoms. The average molecular weight is 215 g/mol. The molecule has 0 saturated carbocycles. The van der Waals surface area contributed by atoms with E-state index in [4.69, 9.17) is 16.7 Å². The Morgan fingerprint density at radius 3 is 2.64 bits per heavy atom. The predicted octanol–water partition coefficient (Wildman–Crippen LogP) is 2.07. The lowest BCUT2D eigenvalue weighted by Gasteiger charge is -2.23. The molecule has 4 heteroatoms. The van der Waals surface area contributed by atoms with Gasteiger partial charge in [0.1, 0.15) is 5.82 Å². The van der Waals surface area contributed by atoms with Gasteiger partial charge >= 0.3 is 0 Å². The van der Waals surface area contributed by atoms with Crippen molar-refractivity contribution >= 4 is 17.4 Å². The Morgan fingerprint density at radius 1 is 1.50 bits per heavy atom. The normalized spacial score (nSPS) is 10.7. The first-order valence-corrected chi connectivity index (χ1v) is 4.93. The first kappa shape index (κ1) is 11.3. The Kier molecular flexibility index (Phi) is 3.72. The predicted molar refractivity (Wildman–Crippen MR) is 58.7 cm³/mol. The van der Waals surface area contributed by atoms with Crippen LogP contribution in [-0.4, -0.2) is 23.2 Å². The second kappa shape index (κ2) is 4.62. The molecule has 1 heterocycles. The zero-order valence-corrected chi connectivity index (χ0v) is 9.41. The van der Waals surface area contributed by atoms with E-state index in [0.29, 0.717) is 16.8 Å². The van der Waals surface area contributed by atoms with E-state index in [9.17, 15) is 0 Å². The molecule has 0 radical (unpaired) electrons. The van der Waals surface area contributed by atoms with Gasteiger partial charge in [0, 0.05) is 13.1 Å². The largest absolute Gasteiger partial charge is 0.390 e. The van der Waals surface area contributed by atoms with Gasteiger partial charge in [0.2, 0.25) is 0 Å². The van der Waals surface area contributed by atoms with Crippen molar-refractivity contribution in [3.8, 4) is 0 Å². The van der Waals surface area contributed by atoms with Crippen molar-refractivity contribution in [1.82, 2.24) is 4.98 Å². The number of nitrogens with zero attached hydrogens (tertiary/aromatic N) is 2. The van der Waals surface area contributed by atoms with Crippen LogP contribution in [0.5, 0.6) is 0 Å². The molecule has 0 fully saturated rings. The van der Waals surface area contributed by atoms with Crippen LogP contribution in [0.1, 0.15) is 19.5 Å². The highest BCUT2D eigenvalue weighted by Crippen LogP contribution is 2.19. The molecular formula is C10H15ClN2O. The number of halogens is 1. The summed E-state index contributed by atoms with van der Waals surface area (Å²) in [6.07, 6.45) is 0. The van der Waals surface area contributed by atoms with E-state index >= 15 is 0 Å². The zero-order valence-electron chi connectivity index (χ0n) is 8.66. The summed E-state index contributed by atoms with van der Waals surface area (Å²) >= 11 is 5.84. The van der Waals surface area contributed by atoms with Crippen molar-refractivity contribution in [3.05, 3.63) is 22.8 Å². The molecule has 1 N–H and O–H groups in total. The molecule has 0 unspecified atom stereocenters. The number of rotatable bonds is 3. The maximum absolute atomic E-state index is 9.00. The van der Waals surface area contributed by atoms with Crippen LogP contribution in [0.4, 0.5) is 5.82 Å². The van der Waals surface area contributed by atoms with Crippen LogP contribution < -0.4 is 4.90 Å². The highest BCUT2D eigenvalue weighted by Gasteiger charge is 2.08. The lowest BCUT2D eigenvalue weighted by molar-refractivity contribution is 0.277. The Bertz CT molecular complexity index is 315. The van der Waals surface area contributed by atoms with Gasteiger partial charge in [-0.3, -0.25) is 0 Å². The molecule has 0 atom stereocenters. The summed E-state index contributed by atoms with van der Waals surface area (Å²) < 4.78 is 0. The van der Waals surface area contributed by atoms with Crippen LogP contribution in [0, 0.1) is 0 Å². The quantitative estimate of drug-likeness (QED) is 0.837. The van der Waals surface area contributed by atoms with Gasteiger partial charge in [0.25, 0.3) is 0 Å². The van der Waals surface area contributed by atoms with Crippen molar-refractivity contribution in [1.29, 1.82) is 0 Å². The lowest BCUT2D eigenvalue weighted by Crippen LogP contribution is -2.26. The van der Waals surface area contributed by atoms with E-state index in [1.165, 1.54) is 0 Å². The van der Waals surface area contributed by atoms with Crippen LogP contribution in [-0.2, 0) is 6.61 Å². The Hall–Kier alpha value is -0.800. The van der Waals surface area contributed by atoms with E-state index in [2.05, 4.69) is 18.8 Å². The summed E-state index contributed by atoms with van der Waals surface area (Å²) in [5.41, 5.74) is 0.525. The van der Waals surface area contributed by atoms with Crippen molar-refractivity contribution in [3.63, 3.8) is 0 Å². The number of anilines is 1. The van der Waals surface area contributed by atoms with Gasteiger partial charge in [0.15, 0.2) is 0 Å². The highest BCUT2D eigenvalue weighted by molar-refractivity contribution is 6.31. The summed E-state index contributed by atoms with van der Waals surface area (Å²) in [5.74, 6) is 0.827. The third-order valence-electron chi connectivity index (χ3n) is 2.19. The molecule has 0 saturated heterocycles. The number of aliphatic hydroxyl groups is 1. The van der Waals surface area contributed by atoms with Crippen molar-refractivity contribution < 1.29 is 5.11 Å². The molecular weight excluding hydrogens is 200 g/mol. The third-order valence-corrected chi connectivity index (χ3v) is 2.53. The molecule has 14 heavy (non-hydrogen) atoms. The van der Waals surface area contributed by atoms with Crippen molar-refractivity contribution in [2.24, 2.45) is 0 Å². The fraction of sp³-hybridized carbons (Fsp3) is 0.500. The van der Waals surface area contributed by atoms with Crippen LogP contribution in [0.3, 0.4) is 0 Å². The number of hydrogen-bond donors (Lipinski definition) is 1. The average Bonchev–Trinajstić information content (AvgIpc) is 2.17. The topological polar surface area (TPSA) is 36.4 Å². The Balaban J connectivity index is 3.00. The van der Waals surface area contributed by atoms with Gasteiger partial charge in [-0.15, -0.1) is 0 Å². The molecule has 0 bridgehead atoms. The first-order valence-electron chi connectivity index (χ1n) is 4.55. The second-order valence-electron chi connectivity index (χ2n) is 3.46. The van der Waals surface area contributed by atoms with E-state index in [1.807, 2.05) is 18.0 Å². The molecule has 1 rings (SSSR count). The fourth-order valence-corrected chi connectivity index (χ4v) is 1.21. The van der Waals surface area contributed by atoms with Crippen LogP contribution in [0.25, 0.3) is 0 Å². The summed E-state index contributed by atoms with van der Waals surface area (Å²) in [6, 6.07) is 3.98. The van der Waals surface area contributed by atoms with Crippen LogP contribution >= 0.6 is 11.6 Å². The van der Waals surface area contributed by atoms with Gasteiger partial charge in [-0.05, 0) is 26.0 Å². The monoisotopic (exact) mass is 214 g/mol. The standard InChI is InChI=1S/C10H15ClN2O/c1-7(2)13(3)10-5-4-8(11)9(6-14)12-10/h4-5,7,14H,6H2,1-3H3. The molecule has 3 nitrogen and oxygen atoms in total. The highest BCUT2D eigenvalue weighted by atomic mass is 35.5. The number of hydrogen-bond acceptors (Lipinski definition) is 3. The fourth-order valence-electron chi connectivity index (χ4n) is 1.04. The van der Waals surface area contributed by atoms with Crippen LogP contribution in [0.15, 0.2) is 12.1 Å². The summed E-state index contributed by atoms with van der Waals surface area (Å²) in [7, 11) is 1.96. The SMILES string of the molecule is CC(C)N(C)c1ccc(Cl)c(CO)n1. The molecule has 0 amide bonds. The van der Waals surface area contributed by atoms with Gasteiger partial charge < -0.3 is 10.0 Å². The molecule has 78 valence electrons. The minimum atomic E-state index is -0.126. The first-order chi connectivity index (χ1) is 6.56. The molecule has 1 aromatic rings. The maximum atomic E-state index is 9.00. The Labute approximate surface area is 89.3 Å². The summed E-state index contributed by atoms with van der Waals surface area (Å²) in [4.78, 5) is 6.28. The van der Waals surface area contributed by atoms with Gasteiger partial charge in [-0.25, -0.2) is 4.98 Å². The van der Waals surface area contributed by atoms with Gasteiger partial charge in [0.05, 0.1) is 17.3 Å².